The minimum absolute atomic E-state index is 0.0131. The maximum atomic E-state index is 14.9. The predicted molar refractivity (Wildman–Crippen MR) is 301 cm³/mol. The number of aliphatic hydroxyl groups excluding tert-OH is 2. The number of allylic oxidation sites excluding steroid dienone is 4. The Morgan fingerprint density at radius 2 is 1.69 bits per heavy atom. The molecular formula is C63H85N3O14P+. The lowest BCUT2D eigenvalue weighted by molar-refractivity contribution is -0.688. The van der Waals surface area contributed by atoms with Gasteiger partial charge in [0.1, 0.15) is 11.3 Å². The van der Waals surface area contributed by atoms with Gasteiger partial charge in [-0.15, -0.1) is 0 Å². The van der Waals surface area contributed by atoms with Crippen LogP contribution in [-0.4, -0.2) is 107 Å². The first-order chi connectivity index (χ1) is 39.0. The van der Waals surface area contributed by atoms with Gasteiger partial charge in [-0.25, -0.2) is 4.57 Å². The molecule has 6 N–H and O–H groups in total. The Hall–Kier alpha value is -4.94. The Morgan fingerprint density at radius 1 is 0.914 bits per heavy atom. The number of pyridine rings is 1. The van der Waals surface area contributed by atoms with E-state index in [4.69, 9.17) is 23.5 Å². The highest BCUT2D eigenvalue weighted by atomic mass is 31.2. The number of ether oxygens (including phenoxy) is 4. The van der Waals surface area contributed by atoms with E-state index < -0.39 is 67.3 Å². The fraction of sp³-hybridized carbons (Fsp3) is 0.603. The molecule has 440 valence electrons. The standard InChI is InChI=1S/C63H84N3O14P/c1-61-29-28-49(67)36-48(61)25-26-50-51-37-56-63(62(51,2)38-52(68)58(50)61,79-60(78-56)44-20-9-6-10-21-44)55(70)42-77-57(71)23-15-31-65-59(72)46-22-16-32-66(40-46)41-47-35-45(24-27-54(47)80-81(73,74)75)53(69)39-64-30-12-3-4-13-33-76-34-14-11-19-43-17-7-5-8-18-43/h5,7-8,16-18,22,24,27-29,32,35-36,40,44,50-53,56,58,60,64,68-69H,3-4,6,9-15,19-21,23,25-26,30-31,33-34,37-39,41-42H2,1-2H3,(H2-,65,72,73,74,75)/p+1/t50?,51?,52?,53?,56-,58?,60+,61-,62-,63+/m0/s1. The number of Topliss-reactive ketones (excluding diaryl/α,β-unsaturated/α-hetero) is 1. The van der Waals surface area contributed by atoms with E-state index in [1.54, 1.807) is 53.4 Å². The number of aliphatic hydroxyl groups is 2. The maximum Gasteiger partial charge on any atom is 0.524 e. The fourth-order valence-electron chi connectivity index (χ4n) is 14.6. The van der Waals surface area contributed by atoms with Crippen molar-refractivity contribution in [1.82, 2.24) is 10.6 Å². The summed E-state index contributed by atoms with van der Waals surface area (Å²) >= 11 is 0. The molecule has 5 unspecified atom stereocenters. The Morgan fingerprint density at radius 3 is 2.48 bits per heavy atom. The molecule has 1 amide bonds. The van der Waals surface area contributed by atoms with Gasteiger partial charge in [0.2, 0.25) is 5.78 Å². The summed E-state index contributed by atoms with van der Waals surface area (Å²) in [6.07, 6.45) is 20.7. The number of nitrogens with zero attached hydrogens (tertiary/aromatic N) is 1. The number of ketones is 2. The van der Waals surface area contributed by atoms with Gasteiger partial charge in [0, 0.05) is 61.5 Å². The summed E-state index contributed by atoms with van der Waals surface area (Å²) in [4.78, 5) is 73.5. The molecule has 1 aromatic heterocycles. The molecule has 1 saturated heterocycles. The van der Waals surface area contributed by atoms with Crippen LogP contribution in [0.25, 0.3) is 0 Å². The Bertz CT molecular complexity index is 2780. The zero-order valence-electron chi connectivity index (χ0n) is 47.2. The molecule has 3 aromatic rings. The molecule has 18 heteroatoms. The molecule has 81 heavy (non-hydrogen) atoms. The van der Waals surface area contributed by atoms with Crippen molar-refractivity contribution >= 4 is 31.3 Å². The number of hydrogen-bond acceptors (Lipinski definition) is 13. The summed E-state index contributed by atoms with van der Waals surface area (Å²) in [6.45, 7) is 6.35. The first-order valence-electron chi connectivity index (χ1n) is 29.8. The molecule has 1 aliphatic heterocycles. The monoisotopic (exact) mass is 1140 g/mol. The molecule has 5 fully saturated rings. The summed E-state index contributed by atoms with van der Waals surface area (Å²) in [6, 6.07) is 18.4. The lowest BCUT2D eigenvalue weighted by Crippen LogP contribution is -2.63. The van der Waals surface area contributed by atoms with Gasteiger partial charge >= 0.3 is 13.8 Å². The van der Waals surface area contributed by atoms with E-state index in [2.05, 4.69) is 48.7 Å². The first-order valence-corrected chi connectivity index (χ1v) is 31.3. The third-order valence-electron chi connectivity index (χ3n) is 18.6. The van der Waals surface area contributed by atoms with Crippen molar-refractivity contribution in [2.45, 2.75) is 166 Å². The minimum atomic E-state index is -4.94. The van der Waals surface area contributed by atoms with Gasteiger partial charge in [-0.05, 0) is 137 Å². The summed E-state index contributed by atoms with van der Waals surface area (Å²) in [5.74, 6) is -1.44. The van der Waals surface area contributed by atoms with Crippen LogP contribution in [0.3, 0.4) is 0 Å². The fourth-order valence-corrected chi connectivity index (χ4v) is 15.1. The third-order valence-corrected chi connectivity index (χ3v) is 19.1. The van der Waals surface area contributed by atoms with Gasteiger partial charge < -0.3 is 44.3 Å². The van der Waals surface area contributed by atoms with E-state index in [9.17, 15) is 43.7 Å². The number of phosphoric acid groups is 1. The summed E-state index contributed by atoms with van der Waals surface area (Å²) < 4.78 is 44.0. The number of unbranched alkanes of at least 4 members (excludes halogenated alkanes) is 4. The first kappa shape index (κ1) is 60.6. The number of nitrogens with one attached hydrogen (secondary N) is 2. The Labute approximate surface area is 476 Å². The molecule has 0 spiro atoms. The zero-order valence-corrected chi connectivity index (χ0v) is 48.1. The highest BCUT2D eigenvalue weighted by Gasteiger charge is 2.76. The average Bonchev–Trinajstić information content (AvgIpc) is 3.12. The smallest absolute Gasteiger partial charge is 0.458 e. The molecular weight excluding hydrogens is 1050 g/mol. The molecule has 2 aromatic carbocycles. The van der Waals surface area contributed by atoms with Crippen LogP contribution in [0.15, 0.2) is 96.9 Å². The van der Waals surface area contributed by atoms with Gasteiger partial charge in [0.05, 0.1) is 23.9 Å². The number of benzene rings is 2. The van der Waals surface area contributed by atoms with Crippen molar-refractivity contribution in [3.63, 3.8) is 0 Å². The second-order valence-corrected chi connectivity index (χ2v) is 25.2. The van der Waals surface area contributed by atoms with Crippen molar-refractivity contribution in [2.75, 3.05) is 39.5 Å². The molecule has 6 aliphatic rings. The molecule has 10 atom stereocenters. The normalized spacial score (nSPS) is 28.3. The van der Waals surface area contributed by atoms with Gasteiger partial charge in [0.15, 0.2) is 43.2 Å². The lowest BCUT2D eigenvalue weighted by Gasteiger charge is -2.59. The number of fused-ring (bicyclic) bond motifs is 7. The highest BCUT2D eigenvalue weighted by molar-refractivity contribution is 7.46. The van der Waals surface area contributed by atoms with Crippen LogP contribution in [-0.2, 0) is 50.9 Å². The van der Waals surface area contributed by atoms with Crippen LogP contribution in [0.5, 0.6) is 5.75 Å². The number of carbonyl (C=O) groups excluding carboxylic acids is 4. The van der Waals surface area contributed by atoms with E-state index in [1.165, 1.54) is 11.6 Å². The third kappa shape index (κ3) is 14.4. The number of carbonyl (C=O) groups is 4. The number of phosphoric ester groups is 1. The van der Waals surface area contributed by atoms with Crippen LogP contribution < -0.4 is 19.7 Å². The maximum absolute atomic E-state index is 14.9. The van der Waals surface area contributed by atoms with Crippen LogP contribution in [0.1, 0.15) is 156 Å². The molecule has 9 rings (SSSR count). The largest absolute Gasteiger partial charge is 0.524 e. The molecule has 4 saturated carbocycles. The topological polar surface area (TPSA) is 240 Å². The van der Waals surface area contributed by atoms with E-state index in [1.807, 2.05) is 12.1 Å². The second-order valence-electron chi connectivity index (χ2n) is 24.0. The van der Waals surface area contributed by atoms with Gasteiger partial charge in [-0.1, -0.05) is 94.0 Å². The average molecular weight is 1140 g/mol. The molecule has 0 radical (unpaired) electrons. The second kappa shape index (κ2) is 27.2. The van der Waals surface area contributed by atoms with Gasteiger partial charge in [-0.2, -0.15) is 4.57 Å². The van der Waals surface area contributed by atoms with Crippen molar-refractivity contribution in [3.05, 3.63) is 119 Å². The summed E-state index contributed by atoms with van der Waals surface area (Å²) in [7, 11) is -4.94. The number of esters is 1. The summed E-state index contributed by atoms with van der Waals surface area (Å²) in [5.41, 5.74) is 0.884. The van der Waals surface area contributed by atoms with Crippen LogP contribution in [0, 0.1) is 34.5 Å². The van der Waals surface area contributed by atoms with Crippen molar-refractivity contribution in [2.24, 2.45) is 34.5 Å². The number of amides is 1. The van der Waals surface area contributed by atoms with Crippen molar-refractivity contribution < 1.29 is 71.8 Å². The van der Waals surface area contributed by atoms with E-state index in [-0.39, 0.29) is 79.0 Å². The SMILES string of the molecule is C[C@]12C=CC(=O)C=C1CCC1C2C(O)C[C@@]2(C)C1C[C@@H]1O[C@@H](C3CCCCC3)O[C@]12C(=O)COC(=O)CCCNC(=O)c1ccc[n+](Cc2cc(C(O)CNCCCCCCOCCCCc3ccccc3)ccc2OP(=O)(O)O)c1. The molecule has 0 bridgehead atoms. The van der Waals surface area contributed by atoms with Crippen LogP contribution in [0.4, 0.5) is 0 Å². The number of rotatable bonds is 28. The van der Waals surface area contributed by atoms with E-state index >= 15 is 0 Å². The van der Waals surface area contributed by atoms with Crippen molar-refractivity contribution in [1.29, 1.82) is 0 Å². The summed E-state index contributed by atoms with van der Waals surface area (Å²) in [5, 5.41) is 29.4. The van der Waals surface area contributed by atoms with Crippen LogP contribution in [0.2, 0.25) is 0 Å². The van der Waals surface area contributed by atoms with Gasteiger partial charge in [-0.3, -0.25) is 29.0 Å². The van der Waals surface area contributed by atoms with Crippen LogP contribution >= 0.6 is 7.82 Å². The number of aromatic nitrogens is 1. The highest BCUT2D eigenvalue weighted by Crippen LogP contribution is 2.70. The molecule has 5 aliphatic carbocycles. The van der Waals surface area contributed by atoms with Crippen molar-refractivity contribution in [3.8, 4) is 5.75 Å². The predicted octanol–water partition coefficient (Wildman–Crippen LogP) is 8.29. The zero-order chi connectivity index (χ0) is 57.2. The number of hydrogen-bond donors (Lipinski definition) is 6. The Kier molecular flexibility index (Phi) is 20.4. The Balaban J connectivity index is 0.731. The molecule has 17 nitrogen and oxygen atoms in total. The van der Waals surface area contributed by atoms with E-state index in [0.717, 1.165) is 109 Å². The minimum Gasteiger partial charge on any atom is -0.458 e. The quantitative estimate of drug-likeness (QED) is 0.0174. The number of aryl methyl sites for hydroxylation is 1. The lowest BCUT2D eigenvalue weighted by atomic mass is 9.46. The van der Waals surface area contributed by atoms with Gasteiger partial charge in [0.25, 0.3) is 5.91 Å². The van der Waals surface area contributed by atoms with E-state index in [0.29, 0.717) is 30.5 Å². The molecule has 2 heterocycles.